The Morgan fingerprint density at radius 2 is 2.27 bits per heavy atom. The second-order valence-electron chi connectivity index (χ2n) is 3.14. The molecule has 0 atom stereocenters. The molecule has 0 bridgehead atoms. The van der Waals surface area contributed by atoms with E-state index in [1.165, 1.54) is 23.1 Å². The molecule has 0 aromatic heterocycles. The van der Waals surface area contributed by atoms with Gasteiger partial charge in [0.2, 0.25) is 0 Å². The van der Waals surface area contributed by atoms with Gasteiger partial charge in [0.05, 0.1) is 5.56 Å². The van der Waals surface area contributed by atoms with Gasteiger partial charge in [0.1, 0.15) is 5.82 Å². The van der Waals surface area contributed by atoms with Crippen molar-refractivity contribution in [2.45, 2.75) is 0 Å². The minimum absolute atomic E-state index is 0.0292. The third-order valence-electron chi connectivity index (χ3n) is 1.97. The number of carbonyl (C=O) groups excluding carboxylic acids is 1. The Bertz CT molecular complexity index is 370. The van der Waals surface area contributed by atoms with E-state index in [0.29, 0.717) is 18.1 Å². The van der Waals surface area contributed by atoms with Crippen LogP contribution >= 0.6 is 11.6 Å². The first-order valence-corrected chi connectivity index (χ1v) is 4.84. The predicted molar refractivity (Wildman–Crippen MR) is 57.4 cm³/mol. The van der Waals surface area contributed by atoms with E-state index in [4.69, 9.17) is 17.3 Å². The summed E-state index contributed by atoms with van der Waals surface area (Å²) in [6, 6.07) is 3.88. The van der Waals surface area contributed by atoms with Crippen LogP contribution < -0.4 is 5.73 Å². The summed E-state index contributed by atoms with van der Waals surface area (Å²) < 4.78 is 13.3. The smallest absolute Gasteiger partial charge is 0.256 e. The maximum atomic E-state index is 13.3. The number of hydrogen-bond donors (Lipinski definition) is 1. The lowest BCUT2D eigenvalue weighted by molar-refractivity contribution is 0.0794. The van der Waals surface area contributed by atoms with Crippen LogP contribution in [0.1, 0.15) is 10.4 Å². The first-order valence-electron chi connectivity index (χ1n) is 4.47. The van der Waals surface area contributed by atoms with Crippen LogP contribution in [0, 0.1) is 5.82 Å². The molecule has 0 radical (unpaired) electrons. The fourth-order valence-corrected chi connectivity index (χ4v) is 1.33. The SMILES string of the molecule is CN(CCN)C(=O)c1cc(Cl)ccc1F. The molecule has 0 aliphatic carbocycles. The Morgan fingerprint density at radius 3 is 2.87 bits per heavy atom. The van der Waals surface area contributed by atoms with Crippen molar-refractivity contribution >= 4 is 17.5 Å². The van der Waals surface area contributed by atoms with Gasteiger partial charge in [0.25, 0.3) is 5.91 Å². The van der Waals surface area contributed by atoms with Crippen LogP contribution in [0.5, 0.6) is 0 Å². The van der Waals surface area contributed by atoms with Gasteiger partial charge in [0.15, 0.2) is 0 Å². The molecular weight excluding hydrogens is 219 g/mol. The minimum atomic E-state index is -0.576. The quantitative estimate of drug-likeness (QED) is 0.856. The number of benzene rings is 1. The van der Waals surface area contributed by atoms with Crippen LogP contribution in [0.15, 0.2) is 18.2 Å². The van der Waals surface area contributed by atoms with Crippen molar-refractivity contribution in [2.75, 3.05) is 20.1 Å². The van der Waals surface area contributed by atoms with Gasteiger partial charge in [-0.3, -0.25) is 4.79 Å². The molecule has 2 N–H and O–H groups in total. The van der Waals surface area contributed by atoms with E-state index >= 15 is 0 Å². The summed E-state index contributed by atoms with van der Waals surface area (Å²) >= 11 is 5.68. The van der Waals surface area contributed by atoms with Gasteiger partial charge in [-0.05, 0) is 18.2 Å². The first kappa shape index (κ1) is 11.9. The van der Waals surface area contributed by atoms with Gasteiger partial charge < -0.3 is 10.6 Å². The number of likely N-dealkylation sites (N-methyl/N-ethyl adjacent to an activating group) is 1. The average molecular weight is 231 g/mol. The zero-order valence-electron chi connectivity index (χ0n) is 8.34. The number of amides is 1. The van der Waals surface area contributed by atoms with Crippen molar-refractivity contribution in [2.24, 2.45) is 5.73 Å². The molecule has 0 heterocycles. The maximum absolute atomic E-state index is 13.3. The van der Waals surface area contributed by atoms with E-state index in [1.54, 1.807) is 7.05 Å². The van der Waals surface area contributed by atoms with Crippen LogP contribution in [0.2, 0.25) is 5.02 Å². The zero-order valence-corrected chi connectivity index (χ0v) is 9.09. The van der Waals surface area contributed by atoms with Gasteiger partial charge in [-0.25, -0.2) is 4.39 Å². The van der Waals surface area contributed by atoms with E-state index in [2.05, 4.69) is 0 Å². The molecule has 0 fully saturated rings. The number of hydrogen-bond acceptors (Lipinski definition) is 2. The highest BCUT2D eigenvalue weighted by Crippen LogP contribution is 2.16. The molecule has 0 aliphatic heterocycles. The van der Waals surface area contributed by atoms with E-state index in [1.807, 2.05) is 0 Å². The standard InChI is InChI=1S/C10H12ClFN2O/c1-14(5-4-13)10(15)8-6-7(11)2-3-9(8)12/h2-3,6H,4-5,13H2,1H3. The number of nitrogens with two attached hydrogens (primary N) is 1. The van der Waals surface area contributed by atoms with Crippen molar-refractivity contribution in [3.8, 4) is 0 Å². The summed E-state index contributed by atoms with van der Waals surface area (Å²) in [5.41, 5.74) is 5.27. The highest BCUT2D eigenvalue weighted by Gasteiger charge is 2.15. The molecule has 82 valence electrons. The Hall–Kier alpha value is -1.13. The van der Waals surface area contributed by atoms with E-state index in [9.17, 15) is 9.18 Å². The van der Waals surface area contributed by atoms with Crippen molar-refractivity contribution in [3.05, 3.63) is 34.6 Å². The van der Waals surface area contributed by atoms with Crippen molar-refractivity contribution in [3.63, 3.8) is 0 Å². The molecule has 0 spiro atoms. The highest BCUT2D eigenvalue weighted by molar-refractivity contribution is 6.30. The Labute approximate surface area is 92.6 Å². The predicted octanol–water partition coefficient (Wildman–Crippen LogP) is 1.51. The average Bonchev–Trinajstić information content (AvgIpc) is 2.21. The molecule has 0 unspecified atom stereocenters. The van der Waals surface area contributed by atoms with E-state index in [0.717, 1.165) is 0 Å². The third-order valence-corrected chi connectivity index (χ3v) is 2.21. The van der Waals surface area contributed by atoms with Crippen LogP contribution in [-0.2, 0) is 0 Å². The highest BCUT2D eigenvalue weighted by atomic mass is 35.5. The van der Waals surface area contributed by atoms with Crippen LogP contribution in [-0.4, -0.2) is 30.9 Å². The Kier molecular flexibility index (Phi) is 4.05. The summed E-state index contributed by atoms with van der Waals surface area (Å²) in [4.78, 5) is 13.0. The van der Waals surface area contributed by atoms with Gasteiger partial charge in [-0.1, -0.05) is 11.6 Å². The second kappa shape index (κ2) is 5.09. The van der Waals surface area contributed by atoms with Crippen LogP contribution in [0.3, 0.4) is 0 Å². The molecule has 3 nitrogen and oxygen atoms in total. The van der Waals surface area contributed by atoms with Crippen LogP contribution in [0.25, 0.3) is 0 Å². The molecule has 0 saturated carbocycles. The molecule has 5 heteroatoms. The number of nitrogens with zero attached hydrogens (tertiary/aromatic N) is 1. The lowest BCUT2D eigenvalue weighted by atomic mass is 10.2. The molecule has 15 heavy (non-hydrogen) atoms. The molecule has 1 aromatic rings. The summed E-state index contributed by atoms with van der Waals surface area (Å²) in [6.07, 6.45) is 0. The topological polar surface area (TPSA) is 46.3 Å². The van der Waals surface area contributed by atoms with Crippen molar-refractivity contribution in [1.82, 2.24) is 4.90 Å². The summed E-state index contributed by atoms with van der Waals surface area (Å²) in [5.74, 6) is -0.992. The molecule has 1 rings (SSSR count). The second-order valence-corrected chi connectivity index (χ2v) is 3.58. The summed E-state index contributed by atoms with van der Waals surface area (Å²) in [6.45, 7) is 0.717. The molecule has 1 aromatic carbocycles. The first-order chi connectivity index (χ1) is 7.06. The Balaban J connectivity index is 2.95. The fourth-order valence-electron chi connectivity index (χ4n) is 1.16. The number of halogens is 2. The molecule has 0 saturated heterocycles. The van der Waals surface area contributed by atoms with Crippen molar-refractivity contribution in [1.29, 1.82) is 0 Å². The van der Waals surface area contributed by atoms with E-state index < -0.39 is 11.7 Å². The normalized spacial score (nSPS) is 10.1. The number of carbonyl (C=O) groups is 1. The van der Waals surface area contributed by atoms with Crippen LogP contribution in [0.4, 0.5) is 4.39 Å². The van der Waals surface area contributed by atoms with Gasteiger partial charge in [-0.15, -0.1) is 0 Å². The fraction of sp³-hybridized carbons (Fsp3) is 0.300. The lowest BCUT2D eigenvalue weighted by Gasteiger charge is -2.16. The Morgan fingerprint density at radius 1 is 1.60 bits per heavy atom. The summed E-state index contributed by atoms with van der Waals surface area (Å²) in [7, 11) is 1.57. The molecule has 1 amide bonds. The number of rotatable bonds is 3. The van der Waals surface area contributed by atoms with Gasteiger partial charge in [-0.2, -0.15) is 0 Å². The lowest BCUT2D eigenvalue weighted by Crippen LogP contribution is -2.32. The van der Waals surface area contributed by atoms with E-state index in [-0.39, 0.29) is 5.56 Å². The maximum Gasteiger partial charge on any atom is 0.256 e. The summed E-state index contributed by atoms with van der Waals surface area (Å²) in [5, 5.41) is 0.334. The molecular formula is C10H12ClFN2O. The van der Waals surface area contributed by atoms with Crippen molar-refractivity contribution < 1.29 is 9.18 Å². The molecule has 0 aliphatic rings. The third kappa shape index (κ3) is 2.91. The largest absolute Gasteiger partial charge is 0.340 e. The minimum Gasteiger partial charge on any atom is -0.340 e. The van der Waals surface area contributed by atoms with Gasteiger partial charge >= 0.3 is 0 Å². The monoisotopic (exact) mass is 230 g/mol. The zero-order chi connectivity index (χ0) is 11.4. The van der Waals surface area contributed by atoms with Gasteiger partial charge in [0, 0.05) is 25.2 Å².